The van der Waals surface area contributed by atoms with Crippen LogP contribution in [0.3, 0.4) is 0 Å². The summed E-state index contributed by atoms with van der Waals surface area (Å²) in [4.78, 5) is 4.40. The van der Waals surface area contributed by atoms with Crippen molar-refractivity contribution in [1.82, 2.24) is 0 Å². The summed E-state index contributed by atoms with van der Waals surface area (Å²) in [5, 5.41) is 0. The number of ether oxygens (including phenoxy) is 1. The number of hydrogen-bond acceptors (Lipinski definition) is 2. The predicted octanol–water partition coefficient (Wildman–Crippen LogP) is 2.76. The number of rotatable bonds is 3. The Kier molecular flexibility index (Phi) is 3.32. The van der Waals surface area contributed by atoms with Crippen LogP contribution in [-0.4, -0.2) is 12.5 Å². The van der Waals surface area contributed by atoms with Gasteiger partial charge in [0.25, 0.3) is 0 Å². The maximum atomic E-state index is 5.39. The van der Waals surface area contributed by atoms with Crippen molar-refractivity contribution in [3.63, 3.8) is 0 Å². The Labute approximate surface area is 74.3 Å². The molecule has 0 atom stereocenters. The summed E-state index contributed by atoms with van der Waals surface area (Å²) >= 11 is 0. The van der Waals surface area contributed by atoms with E-state index in [0.717, 1.165) is 24.4 Å². The summed E-state index contributed by atoms with van der Waals surface area (Å²) in [6.07, 6.45) is 4.01. The van der Waals surface area contributed by atoms with E-state index in [-0.39, 0.29) is 0 Å². The highest BCUT2D eigenvalue weighted by Crippen LogP contribution is 2.12. The van der Waals surface area contributed by atoms with E-state index in [2.05, 4.69) is 25.8 Å². The zero-order chi connectivity index (χ0) is 8.97. The standard InChI is InChI=1S/C10H17NO/c1-4-9-5-6-12-10(11-9)7-8(2)3/h5,8H,4,6-7H2,1-3H3. The third-order valence-corrected chi connectivity index (χ3v) is 1.78. The first-order chi connectivity index (χ1) is 5.72. The summed E-state index contributed by atoms with van der Waals surface area (Å²) < 4.78 is 5.39. The van der Waals surface area contributed by atoms with Crippen LogP contribution >= 0.6 is 0 Å². The van der Waals surface area contributed by atoms with E-state index in [0.29, 0.717) is 12.5 Å². The van der Waals surface area contributed by atoms with Gasteiger partial charge in [-0.05, 0) is 18.4 Å². The third-order valence-electron chi connectivity index (χ3n) is 1.78. The Hall–Kier alpha value is -0.790. The van der Waals surface area contributed by atoms with Gasteiger partial charge in [0.05, 0.1) is 0 Å². The number of aliphatic imine (C=N–C) groups is 1. The molecule has 1 aliphatic rings. The van der Waals surface area contributed by atoms with Crippen molar-refractivity contribution >= 4 is 5.90 Å². The molecule has 68 valence electrons. The lowest BCUT2D eigenvalue weighted by Crippen LogP contribution is -2.12. The van der Waals surface area contributed by atoms with Gasteiger partial charge in [-0.25, -0.2) is 4.99 Å². The van der Waals surface area contributed by atoms with Gasteiger partial charge in [-0.1, -0.05) is 20.8 Å². The van der Waals surface area contributed by atoms with E-state index in [1.807, 2.05) is 6.08 Å². The van der Waals surface area contributed by atoms with Gasteiger partial charge in [0, 0.05) is 12.1 Å². The molecule has 0 N–H and O–H groups in total. The van der Waals surface area contributed by atoms with E-state index in [9.17, 15) is 0 Å². The van der Waals surface area contributed by atoms with Crippen LogP contribution in [0.15, 0.2) is 16.8 Å². The first-order valence-corrected chi connectivity index (χ1v) is 4.61. The maximum absolute atomic E-state index is 5.39. The van der Waals surface area contributed by atoms with Crippen molar-refractivity contribution in [2.75, 3.05) is 6.61 Å². The van der Waals surface area contributed by atoms with E-state index in [4.69, 9.17) is 4.74 Å². The lowest BCUT2D eigenvalue weighted by atomic mass is 10.1. The monoisotopic (exact) mass is 167 g/mol. The minimum Gasteiger partial charge on any atom is -0.476 e. The van der Waals surface area contributed by atoms with E-state index in [1.165, 1.54) is 0 Å². The SMILES string of the molecule is CCC1=CCOC(CC(C)C)=N1. The average Bonchev–Trinajstić information content (AvgIpc) is 2.03. The van der Waals surface area contributed by atoms with Crippen LogP contribution in [0.2, 0.25) is 0 Å². The molecule has 1 rings (SSSR count). The summed E-state index contributed by atoms with van der Waals surface area (Å²) in [6, 6.07) is 0. The Bertz CT molecular complexity index is 204. The van der Waals surface area contributed by atoms with Crippen molar-refractivity contribution < 1.29 is 4.74 Å². The molecule has 0 radical (unpaired) electrons. The molecular weight excluding hydrogens is 150 g/mol. The van der Waals surface area contributed by atoms with Gasteiger partial charge in [-0.3, -0.25) is 0 Å². The van der Waals surface area contributed by atoms with Gasteiger partial charge in [0.1, 0.15) is 6.61 Å². The largest absolute Gasteiger partial charge is 0.476 e. The first-order valence-electron chi connectivity index (χ1n) is 4.61. The zero-order valence-electron chi connectivity index (χ0n) is 8.13. The molecule has 12 heavy (non-hydrogen) atoms. The fourth-order valence-electron chi connectivity index (χ4n) is 1.15. The summed E-state index contributed by atoms with van der Waals surface area (Å²) in [5.74, 6) is 1.53. The van der Waals surface area contributed by atoms with Crippen molar-refractivity contribution in [2.45, 2.75) is 33.6 Å². The topological polar surface area (TPSA) is 21.6 Å². The number of hydrogen-bond donors (Lipinski definition) is 0. The molecule has 2 heteroatoms. The van der Waals surface area contributed by atoms with Crippen molar-refractivity contribution in [3.05, 3.63) is 11.8 Å². The molecule has 1 heterocycles. The number of nitrogens with zero attached hydrogens (tertiary/aromatic N) is 1. The summed E-state index contributed by atoms with van der Waals surface area (Å²) in [7, 11) is 0. The second-order valence-electron chi connectivity index (χ2n) is 3.46. The molecule has 0 aromatic rings. The highest BCUT2D eigenvalue weighted by molar-refractivity contribution is 5.78. The molecule has 0 saturated heterocycles. The average molecular weight is 167 g/mol. The first kappa shape index (κ1) is 9.30. The molecule has 0 spiro atoms. The molecule has 2 nitrogen and oxygen atoms in total. The Morgan fingerprint density at radius 3 is 2.92 bits per heavy atom. The molecule has 0 unspecified atom stereocenters. The van der Waals surface area contributed by atoms with Gasteiger partial charge < -0.3 is 4.74 Å². The maximum Gasteiger partial charge on any atom is 0.188 e. The van der Waals surface area contributed by atoms with Crippen LogP contribution < -0.4 is 0 Å². The van der Waals surface area contributed by atoms with Gasteiger partial charge in [0.2, 0.25) is 0 Å². The van der Waals surface area contributed by atoms with Gasteiger partial charge in [0.15, 0.2) is 5.90 Å². The predicted molar refractivity (Wildman–Crippen MR) is 51.2 cm³/mol. The van der Waals surface area contributed by atoms with Crippen LogP contribution in [0.4, 0.5) is 0 Å². The zero-order valence-corrected chi connectivity index (χ0v) is 8.13. The Morgan fingerprint density at radius 2 is 2.33 bits per heavy atom. The van der Waals surface area contributed by atoms with Crippen molar-refractivity contribution in [1.29, 1.82) is 0 Å². The van der Waals surface area contributed by atoms with Crippen LogP contribution in [0.1, 0.15) is 33.6 Å². The molecule has 0 aromatic carbocycles. The van der Waals surface area contributed by atoms with Gasteiger partial charge in [-0.2, -0.15) is 0 Å². The lowest BCUT2D eigenvalue weighted by molar-refractivity contribution is 0.323. The highest BCUT2D eigenvalue weighted by atomic mass is 16.5. The van der Waals surface area contributed by atoms with Gasteiger partial charge >= 0.3 is 0 Å². The van der Waals surface area contributed by atoms with Crippen molar-refractivity contribution in [2.24, 2.45) is 10.9 Å². The van der Waals surface area contributed by atoms with Crippen LogP contribution in [0, 0.1) is 5.92 Å². The molecular formula is C10H17NO. The minimum atomic E-state index is 0.625. The Balaban J connectivity index is 2.54. The van der Waals surface area contributed by atoms with E-state index in [1.54, 1.807) is 0 Å². The molecule has 0 saturated carbocycles. The third kappa shape index (κ3) is 2.68. The normalized spacial score (nSPS) is 17.0. The molecule has 1 aliphatic heterocycles. The highest BCUT2D eigenvalue weighted by Gasteiger charge is 2.08. The molecule has 0 fully saturated rings. The molecule has 0 bridgehead atoms. The van der Waals surface area contributed by atoms with E-state index >= 15 is 0 Å². The summed E-state index contributed by atoms with van der Waals surface area (Å²) in [5.41, 5.74) is 1.16. The second-order valence-corrected chi connectivity index (χ2v) is 3.46. The fraction of sp³-hybridized carbons (Fsp3) is 0.700. The van der Waals surface area contributed by atoms with Crippen LogP contribution in [-0.2, 0) is 4.74 Å². The Morgan fingerprint density at radius 1 is 1.58 bits per heavy atom. The quantitative estimate of drug-likeness (QED) is 0.633. The number of allylic oxidation sites excluding steroid dienone is 1. The van der Waals surface area contributed by atoms with Crippen molar-refractivity contribution in [3.8, 4) is 0 Å². The fourth-order valence-corrected chi connectivity index (χ4v) is 1.15. The van der Waals surface area contributed by atoms with Crippen LogP contribution in [0.25, 0.3) is 0 Å². The molecule has 0 aliphatic carbocycles. The van der Waals surface area contributed by atoms with Gasteiger partial charge in [-0.15, -0.1) is 0 Å². The summed E-state index contributed by atoms with van der Waals surface area (Å²) in [6.45, 7) is 7.17. The van der Waals surface area contributed by atoms with Crippen LogP contribution in [0.5, 0.6) is 0 Å². The molecule has 0 aromatic heterocycles. The lowest BCUT2D eigenvalue weighted by Gasteiger charge is -2.14. The smallest absolute Gasteiger partial charge is 0.188 e. The van der Waals surface area contributed by atoms with E-state index < -0.39 is 0 Å². The molecule has 0 amide bonds. The second kappa shape index (κ2) is 4.29. The minimum absolute atomic E-state index is 0.625.